The summed E-state index contributed by atoms with van der Waals surface area (Å²) < 4.78 is 1.27. The van der Waals surface area contributed by atoms with Crippen molar-refractivity contribution in [1.82, 2.24) is 5.32 Å². The van der Waals surface area contributed by atoms with E-state index in [4.69, 9.17) is 0 Å². The minimum absolute atomic E-state index is 0.696. The molecule has 1 aromatic rings. The molecule has 112 valence electrons. The third kappa shape index (κ3) is 4.08. The van der Waals surface area contributed by atoms with E-state index in [1.165, 1.54) is 35.7 Å². The minimum atomic E-state index is 0.696. The van der Waals surface area contributed by atoms with Gasteiger partial charge in [-0.15, -0.1) is 0 Å². The third-order valence-electron chi connectivity index (χ3n) is 4.87. The average molecular weight is 338 g/mol. The van der Waals surface area contributed by atoms with Gasteiger partial charge in [-0.1, -0.05) is 54.9 Å². The Balaban J connectivity index is 2.09. The number of nitrogens with one attached hydrogen (secondary N) is 1. The predicted octanol–water partition coefficient (Wildman–Crippen LogP) is 5.04. The lowest BCUT2D eigenvalue weighted by Gasteiger charge is -2.38. The maximum atomic E-state index is 3.72. The van der Waals surface area contributed by atoms with E-state index in [0.717, 1.165) is 24.3 Å². The molecule has 0 saturated heterocycles. The predicted molar refractivity (Wildman–Crippen MR) is 91.0 cm³/mol. The fourth-order valence-electron chi connectivity index (χ4n) is 3.61. The fraction of sp³-hybridized carbons (Fsp3) is 0.667. The maximum absolute atomic E-state index is 3.72. The van der Waals surface area contributed by atoms with E-state index < -0.39 is 0 Å². The fourth-order valence-corrected chi connectivity index (χ4v) is 4.06. The Morgan fingerprint density at radius 1 is 1.25 bits per heavy atom. The van der Waals surface area contributed by atoms with Crippen molar-refractivity contribution in [2.24, 2.45) is 17.8 Å². The zero-order valence-electron chi connectivity index (χ0n) is 13.0. The zero-order chi connectivity index (χ0) is 14.5. The van der Waals surface area contributed by atoms with Crippen molar-refractivity contribution in [2.75, 3.05) is 6.54 Å². The molecule has 0 amide bonds. The van der Waals surface area contributed by atoms with E-state index in [0.29, 0.717) is 6.04 Å². The Bertz CT molecular complexity index is 416. The van der Waals surface area contributed by atoms with Gasteiger partial charge in [-0.25, -0.2) is 0 Å². The van der Waals surface area contributed by atoms with E-state index in [2.05, 4.69) is 66.3 Å². The van der Waals surface area contributed by atoms with Crippen LogP contribution in [0.25, 0.3) is 0 Å². The molecule has 2 heteroatoms. The van der Waals surface area contributed by atoms with Gasteiger partial charge in [0.25, 0.3) is 0 Å². The molecule has 1 aromatic carbocycles. The van der Waals surface area contributed by atoms with Crippen molar-refractivity contribution in [3.05, 3.63) is 34.3 Å². The number of halogens is 1. The monoisotopic (exact) mass is 337 g/mol. The van der Waals surface area contributed by atoms with Gasteiger partial charge in [0.05, 0.1) is 0 Å². The molecule has 0 spiro atoms. The van der Waals surface area contributed by atoms with Crippen molar-refractivity contribution in [3.63, 3.8) is 0 Å². The summed E-state index contributed by atoms with van der Waals surface area (Å²) in [5.41, 5.74) is 1.46. The van der Waals surface area contributed by atoms with Crippen LogP contribution in [0, 0.1) is 17.8 Å². The summed E-state index contributed by atoms with van der Waals surface area (Å²) in [5.74, 6) is 2.49. The number of benzene rings is 1. The standard InChI is InChI=1S/C18H28BrN/c1-4-20-18-10-9-14(13(2)3)11-16(18)12-15-7-5-6-8-17(15)19/h5-8,13-14,16,18,20H,4,9-12H2,1-3H3. The Morgan fingerprint density at radius 2 is 2.00 bits per heavy atom. The van der Waals surface area contributed by atoms with E-state index in [1.54, 1.807) is 0 Å². The summed E-state index contributed by atoms with van der Waals surface area (Å²) in [5, 5.41) is 3.72. The summed E-state index contributed by atoms with van der Waals surface area (Å²) in [6.07, 6.45) is 5.30. The van der Waals surface area contributed by atoms with Gasteiger partial charge in [-0.05, 0) is 61.6 Å². The summed E-state index contributed by atoms with van der Waals surface area (Å²) in [6, 6.07) is 9.40. The summed E-state index contributed by atoms with van der Waals surface area (Å²) in [7, 11) is 0. The largest absolute Gasteiger partial charge is 0.314 e. The van der Waals surface area contributed by atoms with Gasteiger partial charge in [0.15, 0.2) is 0 Å². The highest BCUT2D eigenvalue weighted by molar-refractivity contribution is 9.10. The van der Waals surface area contributed by atoms with Crippen LogP contribution in [-0.4, -0.2) is 12.6 Å². The van der Waals surface area contributed by atoms with E-state index in [1.807, 2.05) is 0 Å². The van der Waals surface area contributed by atoms with Gasteiger partial charge in [0, 0.05) is 10.5 Å². The van der Waals surface area contributed by atoms with Crippen LogP contribution in [0.1, 0.15) is 45.6 Å². The van der Waals surface area contributed by atoms with Crippen LogP contribution >= 0.6 is 15.9 Å². The zero-order valence-corrected chi connectivity index (χ0v) is 14.6. The second-order valence-electron chi connectivity index (χ2n) is 6.54. The molecule has 2 rings (SSSR count). The maximum Gasteiger partial charge on any atom is 0.0207 e. The molecule has 0 aromatic heterocycles. The lowest BCUT2D eigenvalue weighted by molar-refractivity contribution is 0.169. The van der Waals surface area contributed by atoms with Gasteiger partial charge in [0.2, 0.25) is 0 Å². The first kappa shape index (κ1) is 16.0. The molecular formula is C18H28BrN. The van der Waals surface area contributed by atoms with E-state index in [-0.39, 0.29) is 0 Å². The van der Waals surface area contributed by atoms with Crippen molar-refractivity contribution in [1.29, 1.82) is 0 Å². The third-order valence-corrected chi connectivity index (χ3v) is 5.65. The van der Waals surface area contributed by atoms with Crippen molar-refractivity contribution in [3.8, 4) is 0 Å². The van der Waals surface area contributed by atoms with E-state index >= 15 is 0 Å². The molecule has 0 radical (unpaired) electrons. The number of hydrogen-bond acceptors (Lipinski definition) is 1. The number of rotatable bonds is 5. The van der Waals surface area contributed by atoms with Crippen molar-refractivity contribution >= 4 is 15.9 Å². The molecule has 1 N–H and O–H groups in total. The van der Waals surface area contributed by atoms with Crippen molar-refractivity contribution in [2.45, 2.75) is 52.5 Å². The first-order chi connectivity index (χ1) is 9.61. The smallest absolute Gasteiger partial charge is 0.0207 e. The number of hydrogen-bond donors (Lipinski definition) is 1. The topological polar surface area (TPSA) is 12.0 Å². The normalized spacial score (nSPS) is 26.9. The molecule has 0 aliphatic heterocycles. The molecule has 1 aliphatic rings. The highest BCUT2D eigenvalue weighted by Crippen LogP contribution is 2.36. The summed E-state index contributed by atoms with van der Waals surface area (Å²) in [6.45, 7) is 8.08. The Kier molecular flexibility index (Phi) is 6.10. The minimum Gasteiger partial charge on any atom is -0.314 e. The average Bonchev–Trinajstić information content (AvgIpc) is 2.43. The van der Waals surface area contributed by atoms with Gasteiger partial charge in [-0.2, -0.15) is 0 Å². The van der Waals surface area contributed by atoms with Crippen LogP contribution in [0.4, 0.5) is 0 Å². The van der Waals surface area contributed by atoms with Crippen LogP contribution in [-0.2, 0) is 6.42 Å². The Morgan fingerprint density at radius 3 is 2.65 bits per heavy atom. The van der Waals surface area contributed by atoms with E-state index in [9.17, 15) is 0 Å². The molecule has 0 heterocycles. The molecule has 3 unspecified atom stereocenters. The second kappa shape index (κ2) is 7.61. The van der Waals surface area contributed by atoms with Gasteiger partial charge >= 0.3 is 0 Å². The molecule has 1 fully saturated rings. The van der Waals surface area contributed by atoms with Crippen LogP contribution in [0.3, 0.4) is 0 Å². The van der Waals surface area contributed by atoms with Gasteiger partial charge < -0.3 is 5.32 Å². The first-order valence-corrected chi connectivity index (χ1v) is 8.87. The highest BCUT2D eigenvalue weighted by Gasteiger charge is 2.31. The second-order valence-corrected chi connectivity index (χ2v) is 7.39. The molecule has 1 aliphatic carbocycles. The molecule has 3 atom stereocenters. The van der Waals surface area contributed by atoms with Crippen molar-refractivity contribution < 1.29 is 0 Å². The SMILES string of the molecule is CCNC1CCC(C(C)C)CC1Cc1ccccc1Br. The molecule has 1 nitrogen and oxygen atoms in total. The highest BCUT2D eigenvalue weighted by atomic mass is 79.9. The lowest BCUT2D eigenvalue weighted by atomic mass is 9.71. The molecular weight excluding hydrogens is 310 g/mol. The van der Waals surface area contributed by atoms with Crippen LogP contribution in [0.15, 0.2) is 28.7 Å². The molecule has 20 heavy (non-hydrogen) atoms. The van der Waals surface area contributed by atoms with Crippen LogP contribution < -0.4 is 5.32 Å². The quantitative estimate of drug-likeness (QED) is 0.793. The summed E-state index contributed by atoms with van der Waals surface area (Å²) >= 11 is 3.71. The molecule has 0 bridgehead atoms. The van der Waals surface area contributed by atoms with Crippen LogP contribution in [0.5, 0.6) is 0 Å². The van der Waals surface area contributed by atoms with Gasteiger partial charge in [-0.3, -0.25) is 0 Å². The summed E-state index contributed by atoms with van der Waals surface area (Å²) in [4.78, 5) is 0. The Labute approximate surface area is 132 Å². The molecule has 1 saturated carbocycles. The lowest BCUT2D eigenvalue weighted by Crippen LogP contribution is -2.42. The van der Waals surface area contributed by atoms with Gasteiger partial charge in [0.1, 0.15) is 0 Å². The first-order valence-electron chi connectivity index (χ1n) is 8.08. The Hall–Kier alpha value is -0.340. The van der Waals surface area contributed by atoms with Crippen LogP contribution in [0.2, 0.25) is 0 Å².